The third-order valence-corrected chi connectivity index (χ3v) is 6.78. The molecule has 1 aliphatic heterocycles. The van der Waals surface area contributed by atoms with Gasteiger partial charge in [0.1, 0.15) is 17.2 Å². The maximum absolute atomic E-state index is 9.75. The van der Waals surface area contributed by atoms with Crippen LogP contribution < -0.4 is 11.5 Å². The van der Waals surface area contributed by atoms with Crippen LogP contribution in [0.15, 0.2) is 107 Å². The van der Waals surface area contributed by atoms with Gasteiger partial charge < -0.3 is 21.4 Å². The molecule has 0 radical (unpaired) electrons. The van der Waals surface area contributed by atoms with E-state index in [-0.39, 0.29) is 0 Å². The highest BCUT2D eigenvalue weighted by Gasteiger charge is 2.24. The Morgan fingerprint density at radius 2 is 1.85 bits per heavy atom. The Bertz CT molecular complexity index is 1410. The quantitative estimate of drug-likeness (QED) is 0.108. The number of para-hydroxylation sites is 1. The molecule has 0 spiro atoms. The molecule has 2 aromatic carbocycles. The topological polar surface area (TPSA) is 113 Å². The van der Waals surface area contributed by atoms with Crippen LogP contribution >= 0.6 is 0 Å². The fourth-order valence-electron chi connectivity index (χ4n) is 4.89. The Balaban J connectivity index is 0.000000559. The third kappa shape index (κ3) is 7.26. The summed E-state index contributed by atoms with van der Waals surface area (Å²) in [6.45, 7) is 12.6. The number of nitrogens with one attached hydrogen (secondary N) is 1. The molecule has 0 atom stereocenters. The number of aromatic amines is 1. The van der Waals surface area contributed by atoms with E-state index in [2.05, 4.69) is 95.5 Å². The van der Waals surface area contributed by atoms with Crippen molar-refractivity contribution in [3.63, 3.8) is 0 Å². The Hall–Kier alpha value is -4.65. The molecule has 0 fully saturated rings. The first-order valence-corrected chi connectivity index (χ1v) is 13.7. The minimum Gasteiger partial charge on any atom is -0.404 e. The Morgan fingerprint density at radius 1 is 1.12 bits per heavy atom. The average Bonchev–Trinajstić information content (AvgIpc) is 3.41. The first-order valence-electron chi connectivity index (χ1n) is 13.7. The lowest BCUT2D eigenvalue weighted by Crippen LogP contribution is -2.34. The van der Waals surface area contributed by atoms with Crippen LogP contribution in [0.3, 0.4) is 0 Å². The molecule has 40 heavy (non-hydrogen) atoms. The van der Waals surface area contributed by atoms with E-state index in [0.717, 1.165) is 40.1 Å². The van der Waals surface area contributed by atoms with Gasteiger partial charge in [0.15, 0.2) is 6.29 Å². The van der Waals surface area contributed by atoms with Crippen LogP contribution in [0.25, 0.3) is 27.7 Å². The van der Waals surface area contributed by atoms with Gasteiger partial charge in [0, 0.05) is 41.7 Å². The van der Waals surface area contributed by atoms with Gasteiger partial charge in [-0.2, -0.15) is 0 Å². The van der Waals surface area contributed by atoms with E-state index in [1.807, 2.05) is 12.3 Å². The zero-order valence-electron chi connectivity index (χ0n) is 23.5. The number of nitrogens with zero attached hydrogens (tertiary/aromatic N) is 3. The van der Waals surface area contributed by atoms with Crippen molar-refractivity contribution in [2.45, 2.75) is 39.5 Å². The van der Waals surface area contributed by atoms with E-state index in [0.29, 0.717) is 23.6 Å². The summed E-state index contributed by atoms with van der Waals surface area (Å²) in [7, 11) is 0. The Labute approximate surface area is 237 Å². The number of aromatic nitrogens is 1. The molecule has 7 heteroatoms. The van der Waals surface area contributed by atoms with Gasteiger partial charge in [0.05, 0.1) is 11.2 Å². The predicted octanol–water partition coefficient (Wildman–Crippen LogP) is 6.78. The summed E-state index contributed by atoms with van der Waals surface area (Å²) in [5.41, 5.74) is 17.6. The number of hydrogen-bond acceptors (Lipinski definition) is 6. The molecule has 0 saturated heterocycles. The molecule has 0 bridgehead atoms. The van der Waals surface area contributed by atoms with Crippen molar-refractivity contribution >= 4 is 35.4 Å². The highest BCUT2D eigenvalue weighted by molar-refractivity contribution is 6.05. The SMILES string of the molecule is C=C/C(C=O)=C\N.C=N/C(=C1/C(N)=NC=CN1CC(CCC)CCC)c1cc2cccc(-c3ccccc3)c2[nH]1. The summed E-state index contributed by atoms with van der Waals surface area (Å²) in [5, 5.41) is 1.12. The van der Waals surface area contributed by atoms with Crippen molar-refractivity contribution in [1.29, 1.82) is 0 Å². The monoisotopic (exact) mass is 536 g/mol. The number of aldehydes is 1. The van der Waals surface area contributed by atoms with Crippen LogP contribution in [0.2, 0.25) is 0 Å². The summed E-state index contributed by atoms with van der Waals surface area (Å²) in [4.78, 5) is 24.4. The fourth-order valence-corrected chi connectivity index (χ4v) is 4.89. The van der Waals surface area contributed by atoms with E-state index < -0.39 is 0 Å². The maximum atomic E-state index is 9.75. The lowest BCUT2D eigenvalue weighted by Gasteiger charge is -2.30. The van der Waals surface area contributed by atoms with Gasteiger partial charge in [-0.25, -0.2) is 4.99 Å². The number of nitrogens with two attached hydrogens (primary N) is 2. The zero-order valence-corrected chi connectivity index (χ0v) is 23.5. The molecule has 208 valence electrons. The predicted molar refractivity (Wildman–Crippen MR) is 170 cm³/mol. The average molecular weight is 537 g/mol. The third-order valence-electron chi connectivity index (χ3n) is 6.78. The van der Waals surface area contributed by atoms with Gasteiger partial charge >= 0.3 is 0 Å². The van der Waals surface area contributed by atoms with Crippen molar-refractivity contribution in [1.82, 2.24) is 9.88 Å². The molecule has 3 aromatic rings. The molecule has 4 rings (SSSR count). The normalized spacial score (nSPS) is 14.4. The number of hydrogen-bond donors (Lipinski definition) is 3. The highest BCUT2D eigenvalue weighted by Crippen LogP contribution is 2.33. The van der Waals surface area contributed by atoms with Crippen LogP contribution in [0, 0.1) is 5.92 Å². The minimum atomic E-state index is 0.417. The molecule has 0 saturated carbocycles. The molecule has 1 aliphatic rings. The van der Waals surface area contributed by atoms with Crippen molar-refractivity contribution in [2.75, 3.05) is 6.54 Å². The van der Waals surface area contributed by atoms with E-state index in [1.54, 1.807) is 6.20 Å². The fraction of sp³-hybridized carbons (Fsp3) is 0.242. The molecule has 0 amide bonds. The summed E-state index contributed by atoms with van der Waals surface area (Å²) in [6, 6.07) is 18.9. The van der Waals surface area contributed by atoms with Gasteiger partial charge in [0.25, 0.3) is 0 Å². The van der Waals surface area contributed by atoms with Gasteiger partial charge in [0.2, 0.25) is 0 Å². The molecule has 0 aliphatic carbocycles. The summed E-state index contributed by atoms with van der Waals surface area (Å²) >= 11 is 0. The van der Waals surface area contributed by atoms with Gasteiger partial charge in [-0.3, -0.25) is 9.79 Å². The van der Waals surface area contributed by atoms with Crippen LogP contribution in [0.1, 0.15) is 45.2 Å². The summed E-state index contributed by atoms with van der Waals surface area (Å²) in [6.07, 6.45) is 11.7. The standard InChI is InChI=1S/C28H33N5.C5H7NO/c1-4-10-20(11-5-2)19-33-17-16-31-28(29)27(33)26(30-3)24-18-22-14-9-15-23(25(22)32-24)21-12-7-6-8-13-21;1-2-5(3-6)4-7/h6-9,12-18,20,32H,3-5,10-11,19H2,1-2H3,(H2,29,31);2-4H,1,6H2/b27-26-;5-3+. The smallest absolute Gasteiger partial charge is 0.151 e. The van der Waals surface area contributed by atoms with E-state index >= 15 is 0 Å². The summed E-state index contributed by atoms with van der Waals surface area (Å²) in [5.74, 6) is 1.05. The second kappa shape index (κ2) is 15.1. The lowest BCUT2D eigenvalue weighted by atomic mass is 9.97. The molecule has 1 aromatic heterocycles. The van der Waals surface area contributed by atoms with Gasteiger partial charge in [-0.15, -0.1) is 0 Å². The minimum absolute atomic E-state index is 0.417. The highest BCUT2D eigenvalue weighted by atomic mass is 16.1. The van der Waals surface area contributed by atoms with E-state index in [9.17, 15) is 4.79 Å². The first kappa shape index (κ1) is 29.9. The molecule has 7 nitrogen and oxygen atoms in total. The van der Waals surface area contributed by atoms with Crippen molar-refractivity contribution < 1.29 is 4.79 Å². The van der Waals surface area contributed by atoms with Crippen LogP contribution in [-0.2, 0) is 4.79 Å². The maximum Gasteiger partial charge on any atom is 0.151 e. The van der Waals surface area contributed by atoms with Gasteiger partial charge in [-0.1, -0.05) is 87.9 Å². The zero-order chi connectivity index (χ0) is 28.9. The molecule has 2 heterocycles. The largest absolute Gasteiger partial charge is 0.404 e. The van der Waals surface area contributed by atoms with Crippen LogP contribution in [0.5, 0.6) is 0 Å². The number of H-pyrrole nitrogens is 1. The number of rotatable bonds is 11. The number of carbonyl (C=O) groups is 1. The Kier molecular flexibility index (Phi) is 11.3. The van der Waals surface area contributed by atoms with Gasteiger partial charge in [-0.05, 0) is 37.1 Å². The van der Waals surface area contributed by atoms with Crippen molar-refractivity contribution in [3.05, 3.63) is 103 Å². The summed E-state index contributed by atoms with van der Waals surface area (Å²) < 4.78 is 0. The molecule has 5 N–H and O–H groups in total. The second-order valence-corrected chi connectivity index (χ2v) is 9.57. The number of carbonyl (C=O) groups excluding carboxylic acids is 1. The van der Waals surface area contributed by atoms with Crippen molar-refractivity contribution in [3.8, 4) is 11.1 Å². The first-order chi connectivity index (χ1) is 19.5. The number of fused-ring (bicyclic) bond motifs is 1. The molecular weight excluding hydrogens is 496 g/mol. The van der Waals surface area contributed by atoms with Crippen molar-refractivity contribution in [2.24, 2.45) is 27.4 Å². The number of aliphatic imine (C=N–C) groups is 2. The number of benzene rings is 2. The number of allylic oxidation sites excluding steroid dienone is 2. The van der Waals surface area contributed by atoms with E-state index in [1.165, 1.54) is 43.5 Å². The number of amidine groups is 1. The lowest BCUT2D eigenvalue weighted by molar-refractivity contribution is -0.104. The Morgan fingerprint density at radius 3 is 2.42 bits per heavy atom. The molecule has 0 unspecified atom stereocenters. The molecular formula is C33H40N6O. The van der Waals surface area contributed by atoms with Crippen LogP contribution in [0.4, 0.5) is 0 Å². The van der Waals surface area contributed by atoms with E-state index in [4.69, 9.17) is 11.5 Å². The van der Waals surface area contributed by atoms with Crippen LogP contribution in [-0.4, -0.2) is 35.3 Å². The second-order valence-electron chi connectivity index (χ2n) is 9.57.